The highest BCUT2D eigenvalue weighted by molar-refractivity contribution is 5.86. The number of nitrogens with zero attached hydrogens (tertiary/aromatic N) is 2. The van der Waals surface area contributed by atoms with E-state index >= 15 is 0 Å². The molecule has 176 valence electrons. The van der Waals surface area contributed by atoms with Gasteiger partial charge >= 0.3 is 0 Å². The molecular formula is C26H32FN3O3. The Hall–Kier alpha value is -3.22. The fourth-order valence-corrected chi connectivity index (χ4v) is 4.97. The number of halogens is 1. The summed E-state index contributed by atoms with van der Waals surface area (Å²) in [5.74, 6) is 0.935. The summed E-state index contributed by atoms with van der Waals surface area (Å²) in [6, 6.07) is 10.5. The van der Waals surface area contributed by atoms with Gasteiger partial charge < -0.3 is 25.7 Å². The van der Waals surface area contributed by atoms with Crippen LogP contribution in [0.3, 0.4) is 0 Å². The van der Waals surface area contributed by atoms with Crippen molar-refractivity contribution >= 4 is 11.5 Å². The molecule has 2 aromatic rings. The lowest BCUT2D eigenvalue weighted by Gasteiger charge is -2.42. The minimum atomic E-state index is -0.504. The van der Waals surface area contributed by atoms with Gasteiger partial charge in [-0.25, -0.2) is 4.39 Å². The third kappa shape index (κ3) is 4.63. The van der Waals surface area contributed by atoms with Crippen molar-refractivity contribution in [2.45, 2.75) is 58.0 Å². The van der Waals surface area contributed by atoms with Gasteiger partial charge in [-0.05, 0) is 92.0 Å². The van der Waals surface area contributed by atoms with Crippen molar-refractivity contribution in [3.8, 4) is 11.5 Å². The van der Waals surface area contributed by atoms with Crippen LogP contribution in [0.25, 0.3) is 5.57 Å². The highest BCUT2D eigenvalue weighted by atomic mass is 19.1. The standard InChI is InChI=1S/C26H32FN3O3/c1-16(5-4-6-17-7-9-19(27)10-8-17)18-13-22(31)24-20-15-30(25(28)29-32)12-11-21(20)26(2,3)33-23(24)14-18/h7-10,13-14,16,31-32H,4-6,11-12,15H2,1-3H3,(H2,28,29). The molecule has 7 heteroatoms. The van der Waals surface area contributed by atoms with E-state index in [4.69, 9.17) is 15.7 Å². The van der Waals surface area contributed by atoms with Crippen LogP contribution in [0.2, 0.25) is 0 Å². The van der Waals surface area contributed by atoms with Crippen LogP contribution in [-0.4, -0.2) is 39.9 Å². The van der Waals surface area contributed by atoms with E-state index in [9.17, 15) is 9.50 Å². The Morgan fingerprint density at radius 2 is 2.00 bits per heavy atom. The van der Waals surface area contributed by atoms with E-state index in [2.05, 4.69) is 12.1 Å². The fraction of sp³-hybridized carbons (Fsp3) is 0.423. The number of hydrogen-bond donors (Lipinski definition) is 3. The van der Waals surface area contributed by atoms with Gasteiger partial charge in [0.15, 0.2) is 0 Å². The Morgan fingerprint density at radius 3 is 2.70 bits per heavy atom. The van der Waals surface area contributed by atoms with Gasteiger partial charge in [-0.1, -0.05) is 24.2 Å². The lowest BCUT2D eigenvalue weighted by atomic mass is 9.80. The van der Waals surface area contributed by atoms with Gasteiger partial charge in [0, 0.05) is 13.1 Å². The molecule has 0 bridgehead atoms. The zero-order valence-corrected chi connectivity index (χ0v) is 19.4. The van der Waals surface area contributed by atoms with Crippen LogP contribution in [0.5, 0.6) is 11.5 Å². The molecule has 1 unspecified atom stereocenters. The number of ether oxygens (including phenoxy) is 1. The quantitative estimate of drug-likeness (QED) is 0.257. The maximum absolute atomic E-state index is 13.1. The number of hydrogen-bond acceptors (Lipinski definition) is 4. The average molecular weight is 454 g/mol. The Bertz CT molecular complexity index is 1090. The second-order valence-electron chi connectivity index (χ2n) is 9.53. The van der Waals surface area contributed by atoms with Gasteiger partial charge in [0.1, 0.15) is 22.9 Å². The summed E-state index contributed by atoms with van der Waals surface area (Å²) in [6.45, 7) is 7.30. The van der Waals surface area contributed by atoms with Crippen molar-refractivity contribution in [2.75, 3.05) is 13.1 Å². The van der Waals surface area contributed by atoms with Gasteiger partial charge in [0.05, 0.1) is 5.56 Å². The number of phenolic OH excluding ortho intramolecular Hbond substituents is 1. The summed E-state index contributed by atoms with van der Waals surface area (Å²) in [4.78, 5) is 1.80. The molecule has 0 amide bonds. The predicted octanol–water partition coefficient (Wildman–Crippen LogP) is 4.99. The van der Waals surface area contributed by atoms with Crippen molar-refractivity contribution in [1.29, 1.82) is 0 Å². The number of aromatic hydroxyl groups is 1. The first kappa shape index (κ1) is 23.0. The maximum atomic E-state index is 13.1. The van der Waals surface area contributed by atoms with Crippen molar-refractivity contribution in [3.05, 3.63) is 64.5 Å². The largest absolute Gasteiger partial charge is 0.507 e. The monoisotopic (exact) mass is 453 g/mol. The summed E-state index contributed by atoms with van der Waals surface area (Å²) in [6.07, 6.45) is 3.48. The van der Waals surface area contributed by atoms with Crippen molar-refractivity contribution in [3.63, 3.8) is 0 Å². The van der Waals surface area contributed by atoms with Crippen LogP contribution in [-0.2, 0) is 6.42 Å². The van der Waals surface area contributed by atoms with E-state index in [1.54, 1.807) is 4.90 Å². The first-order valence-corrected chi connectivity index (χ1v) is 11.5. The zero-order valence-electron chi connectivity index (χ0n) is 19.4. The van der Waals surface area contributed by atoms with Gasteiger partial charge in [-0.15, -0.1) is 0 Å². The summed E-state index contributed by atoms with van der Waals surface area (Å²) in [5.41, 5.74) is 10.3. The molecular weight excluding hydrogens is 421 g/mol. The summed E-state index contributed by atoms with van der Waals surface area (Å²) >= 11 is 0. The lowest BCUT2D eigenvalue weighted by molar-refractivity contribution is 0.134. The number of rotatable bonds is 5. The summed E-state index contributed by atoms with van der Waals surface area (Å²) < 4.78 is 19.5. The third-order valence-corrected chi connectivity index (χ3v) is 6.85. The minimum Gasteiger partial charge on any atom is -0.507 e. The highest BCUT2D eigenvalue weighted by Crippen LogP contribution is 2.49. The molecule has 6 nitrogen and oxygen atoms in total. The molecule has 0 aromatic heterocycles. The second kappa shape index (κ2) is 8.96. The average Bonchev–Trinajstić information content (AvgIpc) is 2.78. The fourth-order valence-electron chi connectivity index (χ4n) is 4.97. The minimum absolute atomic E-state index is 0.0679. The summed E-state index contributed by atoms with van der Waals surface area (Å²) in [7, 11) is 0. The maximum Gasteiger partial charge on any atom is 0.233 e. The molecule has 0 radical (unpaired) electrons. The number of phenols is 1. The molecule has 0 fully saturated rings. The van der Waals surface area contributed by atoms with E-state index < -0.39 is 5.60 Å². The molecule has 2 heterocycles. The number of guanidine groups is 1. The van der Waals surface area contributed by atoms with E-state index in [0.29, 0.717) is 30.8 Å². The van der Waals surface area contributed by atoms with Crippen LogP contribution >= 0.6 is 0 Å². The Balaban J connectivity index is 1.56. The molecule has 33 heavy (non-hydrogen) atoms. The normalized spacial score (nSPS) is 18.4. The SMILES string of the molecule is CC(CCCc1ccc(F)cc1)c1cc(O)c2c(c1)OC(C)(C)C1=C2CN(C(N)=NO)CC1. The zero-order chi connectivity index (χ0) is 23.8. The number of fused-ring (bicyclic) bond motifs is 2. The molecule has 2 aliphatic rings. The predicted molar refractivity (Wildman–Crippen MR) is 127 cm³/mol. The Kier molecular flexibility index (Phi) is 6.23. The van der Waals surface area contributed by atoms with Crippen molar-refractivity contribution in [2.24, 2.45) is 10.9 Å². The lowest BCUT2D eigenvalue weighted by Crippen LogP contribution is -2.46. The number of benzene rings is 2. The molecule has 4 rings (SSSR count). The van der Waals surface area contributed by atoms with Crippen LogP contribution in [0.1, 0.15) is 62.6 Å². The van der Waals surface area contributed by atoms with E-state index in [1.807, 2.05) is 38.1 Å². The number of oxime groups is 1. The van der Waals surface area contributed by atoms with Crippen LogP contribution < -0.4 is 10.5 Å². The third-order valence-electron chi connectivity index (χ3n) is 6.85. The highest BCUT2D eigenvalue weighted by Gasteiger charge is 2.39. The molecule has 2 aliphatic heterocycles. The number of aryl methyl sites for hydroxylation is 1. The molecule has 0 spiro atoms. The number of nitrogens with two attached hydrogens (primary N) is 1. The van der Waals surface area contributed by atoms with Crippen LogP contribution in [0.15, 0.2) is 47.1 Å². The Morgan fingerprint density at radius 1 is 1.27 bits per heavy atom. The molecule has 0 saturated carbocycles. The topological polar surface area (TPSA) is 91.3 Å². The smallest absolute Gasteiger partial charge is 0.233 e. The Labute approximate surface area is 194 Å². The van der Waals surface area contributed by atoms with Crippen LogP contribution in [0.4, 0.5) is 4.39 Å². The van der Waals surface area contributed by atoms with Crippen LogP contribution in [0, 0.1) is 5.82 Å². The van der Waals surface area contributed by atoms with E-state index in [1.165, 1.54) is 12.1 Å². The molecule has 4 N–H and O–H groups in total. The van der Waals surface area contributed by atoms with Crippen molar-refractivity contribution in [1.82, 2.24) is 4.90 Å². The van der Waals surface area contributed by atoms with Gasteiger partial charge in [-0.3, -0.25) is 0 Å². The van der Waals surface area contributed by atoms with E-state index in [-0.39, 0.29) is 23.4 Å². The second-order valence-corrected chi connectivity index (χ2v) is 9.53. The molecule has 0 saturated heterocycles. The first-order chi connectivity index (χ1) is 15.7. The molecule has 0 aliphatic carbocycles. The summed E-state index contributed by atoms with van der Waals surface area (Å²) in [5, 5.41) is 23.3. The molecule has 1 atom stereocenters. The van der Waals surface area contributed by atoms with Crippen molar-refractivity contribution < 1.29 is 19.4 Å². The van der Waals surface area contributed by atoms with Gasteiger partial charge in [0.2, 0.25) is 5.96 Å². The first-order valence-electron chi connectivity index (χ1n) is 11.5. The molecule has 2 aromatic carbocycles. The van der Waals surface area contributed by atoms with Gasteiger partial charge in [0.25, 0.3) is 0 Å². The van der Waals surface area contributed by atoms with E-state index in [0.717, 1.165) is 41.5 Å². The van der Waals surface area contributed by atoms with Gasteiger partial charge in [-0.2, -0.15) is 0 Å².